The summed E-state index contributed by atoms with van der Waals surface area (Å²) < 4.78 is 7.07. The van der Waals surface area contributed by atoms with Gasteiger partial charge in [-0.05, 0) is 138 Å². The highest BCUT2D eigenvalue weighted by atomic mass is 16.3. The van der Waals surface area contributed by atoms with Gasteiger partial charge in [-0.15, -0.1) is 0 Å². The Kier molecular flexibility index (Phi) is 7.39. The number of nitrogens with zero attached hydrogens (tertiary/aromatic N) is 1. The van der Waals surface area contributed by atoms with E-state index in [0.29, 0.717) is 0 Å². The van der Waals surface area contributed by atoms with Crippen molar-refractivity contribution in [3.8, 4) is 44.5 Å². The SMILES string of the molecule is CC1(C)c2ccccc2-c2ccc(N(c3ccc4c(c3)C3(c5ccccc5-c5ccccc53)c3ccccc3-4)c3ccc4oc5c(C6(C)c7ccccc7-c7ccccc76)cccc5c4c3)cc21. The minimum atomic E-state index is -0.461. The molecule has 4 aliphatic carbocycles. The molecule has 0 saturated carbocycles. The maximum Gasteiger partial charge on any atom is 0.139 e. The fourth-order valence-corrected chi connectivity index (χ4v) is 13.6. The van der Waals surface area contributed by atoms with Crippen molar-refractivity contribution < 1.29 is 4.42 Å². The molecule has 10 aromatic carbocycles. The summed E-state index contributed by atoms with van der Waals surface area (Å²) in [6, 6.07) is 81.9. The Morgan fingerprint density at radius 1 is 0.309 bits per heavy atom. The van der Waals surface area contributed by atoms with Crippen LogP contribution >= 0.6 is 0 Å². The number of rotatable bonds is 4. The van der Waals surface area contributed by atoms with E-state index in [9.17, 15) is 0 Å². The molecule has 0 amide bonds. The van der Waals surface area contributed by atoms with Crippen LogP contribution < -0.4 is 4.90 Å². The van der Waals surface area contributed by atoms with Gasteiger partial charge >= 0.3 is 0 Å². The Morgan fingerprint density at radius 2 is 0.706 bits per heavy atom. The van der Waals surface area contributed by atoms with Crippen molar-refractivity contribution in [2.75, 3.05) is 4.90 Å². The maximum absolute atomic E-state index is 7.07. The number of hydrogen-bond donors (Lipinski definition) is 0. The highest BCUT2D eigenvalue weighted by Gasteiger charge is 2.52. The lowest BCUT2D eigenvalue weighted by molar-refractivity contribution is 0.638. The first-order valence-corrected chi connectivity index (χ1v) is 24.0. The quantitative estimate of drug-likeness (QED) is 0.175. The van der Waals surface area contributed by atoms with Crippen LogP contribution in [0.1, 0.15) is 70.8 Å². The summed E-state index contributed by atoms with van der Waals surface area (Å²) in [5.74, 6) is 0. The molecule has 11 aromatic rings. The average molecular weight is 868 g/mol. The molecule has 0 unspecified atom stereocenters. The van der Waals surface area contributed by atoms with Gasteiger partial charge in [0, 0.05) is 44.2 Å². The molecule has 320 valence electrons. The van der Waals surface area contributed by atoms with Gasteiger partial charge in [0.25, 0.3) is 0 Å². The molecule has 0 radical (unpaired) electrons. The van der Waals surface area contributed by atoms with Crippen molar-refractivity contribution >= 4 is 39.0 Å². The van der Waals surface area contributed by atoms with Crippen LogP contribution in [0, 0.1) is 0 Å². The van der Waals surface area contributed by atoms with Gasteiger partial charge in [0.2, 0.25) is 0 Å². The third-order valence-electron chi connectivity index (χ3n) is 16.6. The second-order valence-corrected chi connectivity index (χ2v) is 20.0. The Morgan fingerprint density at radius 3 is 1.26 bits per heavy atom. The van der Waals surface area contributed by atoms with Gasteiger partial charge in [-0.25, -0.2) is 0 Å². The zero-order valence-electron chi connectivity index (χ0n) is 38.1. The fourth-order valence-electron chi connectivity index (χ4n) is 13.6. The number of benzene rings is 10. The van der Waals surface area contributed by atoms with Crippen LogP contribution in [-0.2, 0) is 16.2 Å². The summed E-state index contributed by atoms with van der Waals surface area (Å²) in [6.07, 6.45) is 0. The Bertz CT molecular complexity index is 3880. The van der Waals surface area contributed by atoms with E-state index in [4.69, 9.17) is 4.42 Å². The van der Waals surface area contributed by atoms with Crippen LogP contribution in [0.15, 0.2) is 223 Å². The van der Waals surface area contributed by atoms with Crippen molar-refractivity contribution in [1.82, 2.24) is 0 Å². The summed E-state index contributed by atoms with van der Waals surface area (Å²) in [5.41, 5.74) is 26.4. The van der Waals surface area contributed by atoms with Crippen molar-refractivity contribution in [1.29, 1.82) is 0 Å². The molecule has 0 aliphatic heterocycles. The van der Waals surface area contributed by atoms with E-state index in [1.807, 2.05) is 0 Å². The molecule has 0 fully saturated rings. The second kappa shape index (κ2) is 13.2. The number of hydrogen-bond acceptors (Lipinski definition) is 2. The van der Waals surface area contributed by atoms with Gasteiger partial charge in [0.05, 0.1) is 5.41 Å². The lowest BCUT2D eigenvalue weighted by Crippen LogP contribution is -2.26. The Hall–Kier alpha value is -8.20. The molecular formula is C66H45NO. The summed E-state index contributed by atoms with van der Waals surface area (Å²) >= 11 is 0. The number of para-hydroxylation sites is 1. The van der Waals surface area contributed by atoms with E-state index < -0.39 is 5.41 Å². The smallest absolute Gasteiger partial charge is 0.139 e. The third-order valence-corrected chi connectivity index (χ3v) is 16.6. The van der Waals surface area contributed by atoms with E-state index in [-0.39, 0.29) is 10.8 Å². The lowest BCUT2D eigenvalue weighted by Gasteiger charge is -2.32. The maximum atomic E-state index is 7.07. The molecule has 2 nitrogen and oxygen atoms in total. The zero-order chi connectivity index (χ0) is 45.1. The minimum Gasteiger partial charge on any atom is -0.456 e. The summed E-state index contributed by atoms with van der Waals surface area (Å²) in [4.78, 5) is 2.50. The molecule has 4 aliphatic rings. The van der Waals surface area contributed by atoms with Crippen molar-refractivity contribution in [3.05, 3.63) is 268 Å². The first-order chi connectivity index (χ1) is 33.4. The zero-order valence-corrected chi connectivity index (χ0v) is 38.1. The van der Waals surface area contributed by atoms with Crippen LogP contribution in [0.2, 0.25) is 0 Å². The van der Waals surface area contributed by atoms with Crippen molar-refractivity contribution in [3.63, 3.8) is 0 Å². The number of furan rings is 1. The molecule has 1 heterocycles. The van der Waals surface area contributed by atoms with E-state index in [1.54, 1.807) is 0 Å². The molecule has 2 heteroatoms. The Balaban J connectivity index is 0.970. The highest BCUT2D eigenvalue weighted by molar-refractivity contribution is 6.09. The number of anilines is 3. The molecule has 15 rings (SSSR count). The highest BCUT2D eigenvalue weighted by Crippen LogP contribution is 2.64. The average Bonchev–Trinajstić information content (AvgIpc) is 4.13. The minimum absolute atomic E-state index is 0.163. The molecule has 68 heavy (non-hydrogen) atoms. The van der Waals surface area contributed by atoms with Crippen LogP contribution in [0.3, 0.4) is 0 Å². The molecule has 1 aromatic heterocycles. The molecule has 0 saturated heterocycles. The van der Waals surface area contributed by atoms with E-state index in [0.717, 1.165) is 39.0 Å². The molecular weight excluding hydrogens is 823 g/mol. The normalized spacial score (nSPS) is 15.3. The summed E-state index contributed by atoms with van der Waals surface area (Å²) in [6.45, 7) is 7.13. The van der Waals surface area contributed by atoms with Gasteiger partial charge < -0.3 is 9.32 Å². The van der Waals surface area contributed by atoms with E-state index in [2.05, 4.69) is 244 Å². The molecule has 0 atom stereocenters. The van der Waals surface area contributed by atoms with Crippen LogP contribution in [0.4, 0.5) is 17.1 Å². The summed E-state index contributed by atoms with van der Waals surface area (Å²) in [5, 5.41) is 2.22. The summed E-state index contributed by atoms with van der Waals surface area (Å²) in [7, 11) is 0. The standard InChI is InChI=1S/C66H45NO/c1-64(2)53-24-10-4-17-43(53)49-34-31-41(38-60(49)64)67(42-32-35-50-48-22-9-15-29-58(48)66(61(50)39-42)56-27-13-7-20-46(56)47-21-8-14-28-57(47)66)40-33-36-62-52(37-40)51-23-16-30-59(63(51)68-62)65(3)54-25-11-5-18-44(54)45-19-6-12-26-55(45)65/h4-39H,1-3H3. The fraction of sp³-hybridized carbons (Fsp3) is 0.0909. The lowest BCUT2D eigenvalue weighted by atomic mass is 9.70. The molecule has 0 N–H and O–H groups in total. The molecule has 1 spiro atoms. The topological polar surface area (TPSA) is 16.4 Å². The van der Waals surface area contributed by atoms with Gasteiger partial charge in [0.15, 0.2) is 0 Å². The number of fused-ring (bicyclic) bond motifs is 19. The first kappa shape index (κ1) is 38.0. The van der Waals surface area contributed by atoms with Crippen LogP contribution in [0.5, 0.6) is 0 Å². The van der Waals surface area contributed by atoms with Gasteiger partial charge in [-0.3, -0.25) is 0 Å². The van der Waals surface area contributed by atoms with Gasteiger partial charge in [-0.2, -0.15) is 0 Å². The van der Waals surface area contributed by atoms with Crippen molar-refractivity contribution in [2.24, 2.45) is 0 Å². The largest absolute Gasteiger partial charge is 0.456 e. The van der Waals surface area contributed by atoms with E-state index >= 15 is 0 Å². The van der Waals surface area contributed by atoms with Crippen LogP contribution in [0.25, 0.3) is 66.4 Å². The van der Waals surface area contributed by atoms with Crippen molar-refractivity contribution in [2.45, 2.75) is 37.0 Å². The second-order valence-electron chi connectivity index (χ2n) is 20.0. The first-order valence-electron chi connectivity index (χ1n) is 24.0. The van der Waals surface area contributed by atoms with E-state index in [1.165, 1.54) is 94.6 Å². The molecule has 0 bridgehead atoms. The predicted octanol–water partition coefficient (Wildman–Crippen LogP) is 17.0. The predicted molar refractivity (Wildman–Crippen MR) is 280 cm³/mol. The van der Waals surface area contributed by atoms with Gasteiger partial charge in [0.1, 0.15) is 11.2 Å². The van der Waals surface area contributed by atoms with Crippen LogP contribution in [-0.4, -0.2) is 0 Å². The third kappa shape index (κ3) is 4.62. The Labute approximate surface area is 396 Å². The van der Waals surface area contributed by atoms with Gasteiger partial charge in [-0.1, -0.05) is 190 Å². The monoisotopic (exact) mass is 867 g/mol.